The highest BCUT2D eigenvalue weighted by atomic mass is 15.1. The summed E-state index contributed by atoms with van der Waals surface area (Å²) in [7, 11) is 0. The van der Waals surface area contributed by atoms with Crippen molar-refractivity contribution < 1.29 is 0 Å². The summed E-state index contributed by atoms with van der Waals surface area (Å²) in [5, 5.41) is 2.49. The average molecular weight is 656 g/mol. The zero-order chi connectivity index (χ0) is 34.6. The van der Waals surface area contributed by atoms with Crippen molar-refractivity contribution in [3.63, 3.8) is 0 Å². The quantitative estimate of drug-likeness (QED) is 0.161. The molecule has 0 aliphatic heterocycles. The van der Waals surface area contributed by atoms with Crippen LogP contribution in [0.15, 0.2) is 182 Å². The zero-order valence-corrected chi connectivity index (χ0v) is 29.5. The van der Waals surface area contributed by atoms with Crippen molar-refractivity contribution in [1.82, 2.24) is 0 Å². The zero-order valence-electron chi connectivity index (χ0n) is 29.5. The summed E-state index contributed by atoms with van der Waals surface area (Å²) in [6.45, 7) is 6.89. The van der Waals surface area contributed by atoms with Gasteiger partial charge in [0, 0.05) is 27.9 Å². The van der Waals surface area contributed by atoms with Crippen LogP contribution in [0.25, 0.3) is 38.6 Å². The van der Waals surface area contributed by atoms with E-state index in [-0.39, 0.29) is 10.8 Å². The van der Waals surface area contributed by atoms with E-state index in [0.29, 0.717) is 0 Å². The van der Waals surface area contributed by atoms with E-state index in [9.17, 15) is 0 Å². The molecule has 7 aromatic carbocycles. The molecule has 9 rings (SSSR count). The number of nitrogens with zero attached hydrogens (tertiary/aromatic N) is 1. The molecule has 2 aliphatic rings. The van der Waals surface area contributed by atoms with Crippen LogP contribution in [-0.4, -0.2) is 0 Å². The van der Waals surface area contributed by atoms with Gasteiger partial charge in [-0.3, -0.25) is 0 Å². The normalized spacial score (nSPS) is 17.1. The maximum Gasteiger partial charge on any atom is 0.0468 e. The monoisotopic (exact) mass is 655 g/mol. The summed E-state index contributed by atoms with van der Waals surface area (Å²) in [5.74, 6) is 0. The molecule has 51 heavy (non-hydrogen) atoms. The summed E-state index contributed by atoms with van der Waals surface area (Å²) in [6.07, 6.45) is 8.40. The Labute approximate surface area is 301 Å². The molecule has 0 unspecified atom stereocenters. The number of anilines is 3. The molecule has 0 radical (unpaired) electrons. The Hall–Kier alpha value is -5.92. The molecule has 0 saturated carbocycles. The van der Waals surface area contributed by atoms with Gasteiger partial charge in [-0.05, 0) is 111 Å². The van der Waals surface area contributed by atoms with Gasteiger partial charge < -0.3 is 4.90 Å². The molecule has 1 atom stereocenters. The second-order valence-corrected chi connectivity index (χ2v) is 14.8. The Kier molecular flexibility index (Phi) is 7.40. The summed E-state index contributed by atoms with van der Waals surface area (Å²) in [6, 6.07) is 60.2. The molecule has 7 aromatic rings. The molecule has 1 heteroatoms. The molecule has 0 amide bonds. The van der Waals surface area contributed by atoms with E-state index in [1.165, 1.54) is 72.2 Å². The van der Waals surface area contributed by atoms with Gasteiger partial charge in [0.1, 0.15) is 0 Å². The molecule has 0 spiro atoms. The van der Waals surface area contributed by atoms with E-state index in [0.717, 1.165) is 12.1 Å². The third kappa shape index (κ3) is 5.41. The summed E-state index contributed by atoms with van der Waals surface area (Å²) in [5.41, 5.74) is 14.9. The van der Waals surface area contributed by atoms with Gasteiger partial charge in [0.25, 0.3) is 0 Å². The van der Waals surface area contributed by atoms with Crippen LogP contribution in [0.5, 0.6) is 0 Å². The van der Waals surface area contributed by atoms with Gasteiger partial charge in [0.2, 0.25) is 0 Å². The van der Waals surface area contributed by atoms with Crippen molar-refractivity contribution >= 4 is 33.4 Å². The van der Waals surface area contributed by atoms with Gasteiger partial charge in [0.15, 0.2) is 0 Å². The molecule has 0 fully saturated rings. The largest absolute Gasteiger partial charge is 0.310 e. The van der Waals surface area contributed by atoms with E-state index in [1.54, 1.807) is 0 Å². The Balaban J connectivity index is 1.08. The number of benzene rings is 7. The topological polar surface area (TPSA) is 3.24 Å². The third-order valence-electron chi connectivity index (χ3n) is 11.1. The number of allylic oxidation sites excluding steroid dienone is 4. The lowest BCUT2D eigenvalue weighted by Gasteiger charge is -2.41. The fraction of sp³-hybridized carbons (Fsp3) is 0.120. The van der Waals surface area contributed by atoms with Gasteiger partial charge in [-0.1, -0.05) is 159 Å². The Morgan fingerprint density at radius 2 is 1.10 bits per heavy atom. The molecule has 246 valence electrons. The van der Waals surface area contributed by atoms with Crippen molar-refractivity contribution in [2.24, 2.45) is 0 Å². The van der Waals surface area contributed by atoms with Gasteiger partial charge in [-0.2, -0.15) is 0 Å². The van der Waals surface area contributed by atoms with Crippen molar-refractivity contribution in [2.45, 2.75) is 38.0 Å². The Morgan fingerprint density at radius 3 is 1.78 bits per heavy atom. The van der Waals surface area contributed by atoms with Gasteiger partial charge in [-0.15, -0.1) is 0 Å². The first kappa shape index (κ1) is 31.1. The fourth-order valence-corrected chi connectivity index (χ4v) is 8.16. The Morgan fingerprint density at radius 1 is 0.490 bits per heavy atom. The predicted molar refractivity (Wildman–Crippen MR) is 217 cm³/mol. The van der Waals surface area contributed by atoms with Gasteiger partial charge >= 0.3 is 0 Å². The van der Waals surface area contributed by atoms with Gasteiger partial charge in [0.05, 0.1) is 0 Å². The lowest BCUT2D eigenvalue weighted by molar-refractivity contribution is 0.641. The number of hydrogen-bond acceptors (Lipinski definition) is 1. The number of fused-ring (bicyclic) bond motifs is 4. The first-order chi connectivity index (χ1) is 24.9. The number of rotatable bonds is 6. The van der Waals surface area contributed by atoms with Crippen LogP contribution in [0.4, 0.5) is 17.1 Å². The van der Waals surface area contributed by atoms with E-state index in [4.69, 9.17) is 0 Å². The smallest absolute Gasteiger partial charge is 0.0468 e. The minimum atomic E-state index is -0.154. The first-order valence-electron chi connectivity index (χ1n) is 18.1. The molecule has 0 N–H and O–H groups in total. The highest BCUT2D eigenvalue weighted by molar-refractivity contribution is 5.91. The summed E-state index contributed by atoms with van der Waals surface area (Å²) < 4.78 is 0. The van der Waals surface area contributed by atoms with E-state index in [1.807, 2.05) is 0 Å². The van der Waals surface area contributed by atoms with Crippen LogP contribution in [0, 0.1) is 6.92 Å². The van der Waals surface area contributed by atoms with E-state index in [2.05, 4.69) is 208 Å². The van der Waals surface area contributed by atoms with Crippen LogP contribution in [-0.2, 0) is 10.8 Å². The molecule has 0 aromatic heterocycles. The number of aryl methyl sites for hydroxylation is 1. The molecule has 0 bridgehead atoms. The maximum absolute atomic E-state index is 2.49. The van der Waals surface area contributed by atoms with Crippen molar-refractivity contribution in [3.8, 4) is 22.3 Å². The van der Waals surface area contributed by atoms with Crippen molar-refractivity contribution in [2.75, 3.05) is 4.90 Å². The fourth-order valence-electron chi connectivity index (χ4n) is 8.16. The van der Waals surface area contributed by atoms with Crippen molar-refractivity contribution in [3.05, 3.63) is 204 Å². The van der Waals surface area contributed by atoms with Crippen LogP contribution >= 0.6 is 0 Å². The summed E-state index contributed by atoms with van der Waals surface area (Å²) >= 11 is 0. The second kappa shape index (κ2) is 12.1. The maximum atomic E-state index is 2.49. The van der Waals surface area contributed by atoms with Crippen LogP contribution in [0.3, 0.4) is 0 Å². The molecule has 2 aliphatic carbocycles. The lowest BCUT2D eigenvalue weighted by Crippen LogP contribution is -2.31. The van der Waals surface area contributed by atoms with E-state index >= 15 is 0 Å². The third-order valence-corrected chi connectivity index (χ3v) is 11.1. The minimum Gasteiger partial charge on any atom is -0.310 e. The highest BCUT2D eigenvalue weighted by Gasteiger charge is 2.44. The summed E-state index contributed by atoms with van der Waals surface area (Å²) in [4.78, 5) is 2.41. The van der Waals surface area contributed by atoms with Crippen molar-refractivity contribution in [1.29, 1.82) is 0 Å². The second-order valence-electron chi connectivity index (χ2n) is 14.8. The van der Waals surface area contributed by atoms with Crippen LogP contribution < -0.4 is 4.90 Å². The minimum absolute atomic E-state index is 0.131. The molecule has 1 nitrogen and oxygen atoms in total. The van der Waals surface area contributed by atoms with Crippen LogP contribution in [0.2, 0.25) is 0 Å². The SMILES string of the molecule is Cc1cccc(N(c2ccc3c(c2)C(C)(C)C=C[C@@]2(c4ccc(-c5ccc(-c6ccccc6)cc5)cc4)CC=C32)c2ccc3ccccc3c2)c1. The molecule has 0 heterocycles. The Bertz CT molecular complexity index is 2460. The number of hydrogen-bond donors (Lipinski definition) is 0. The van der Waals surface area contributed by atoms with Crippen LogP contribution in [0.1, 0.15) is 42.5 Å². The van der Waals surface area contributed by atoms with Gasteiger partial charge in [-0.25, -0.2) is 0 Å². The highest BCUT2D eigenvalue weighted by Crippen LogP contribution is 2.55. The molecular formula is C50H41N. The first-order valence-corrected chi connectivity index (χ1v) is 18.1. The molecule has 0 saturated heterocycles. The predicted octanol–water partition coefficient (Wildman–Crippen LogP) is 13.5. The standard InChI is InChI=1S/C50H41N/c1-35-10-9-15-43(32-35)51(44-25-22-37-13-7-8-14-41(37)33-44)45-26-27-46-47-28-29-50(47,31-30-49(2,3)48(46)34-45)42-23-20-40(21-24-42)39-18-16-38(17-19-39)36-11-5-4-6-12-36/h4-28,30-34H,29H2,1-3H3/t50-/m1/s1. The lowest BCUT2D eigenvalue weighted by atomic mass is 9.62. The average Bonchev–Trinajstić information content (AvgIpc) is 3.22. The molecular weight excluding hydrogens is 615 g/mol. The van der Waals surface area contributed by atoms with E-state index < -0.39 is 0 Å².